The number of amides is 1. The Hall–Kier alpha value is -1.55. The van der Waals surface area contributed by atoms with Crippen molar-refractivity contribution < 1.29 is 9.53 Å². The van der Waals surface area contributed by atoms with E-state index in [0.29, 0.717) is 6.54 Å². The summed E-state index contributed by atoms with van der Waals surface area (Å²) in [4.78, 5) is 14.5. The van der Waals surface area contributed by atoms with Gasteiger partial charge in [0.05, 0.1) is 6.10 Å². The molecule has 19 heavy (non-hydrogen) atoms. The zero-order valence-corrected chi connectivity index (χ0v) is 11.3. The molecule has 0 unspecified atom stereocenters. The summed E-state index contributed by atoms with van der Waals surface area (Å²) in [7, 11) is 0. The van der Waals surface area contributed by atoms with Crippen molar-refractivity contribution in [3.63, 3.8) is 0 Å². The summed E-state index contributed by atoms with van der Waals surface area (Å²) in [5.74, 6) is 0.202. The lowest BCUT2D eigenvalue weighted by molar-refractivity contribution is -0.132. The summed E-state index contributed by atoms with van der Waals surface area (Å²) in [5, 5.41) is 3.33. The minimum Gasteiger partial charge on any atom is -0.377 e. The SMILES string of the molecule is C[C@H]1CN(C(=O)[C@H]2Cc3ccccc3N2)CCCO1. The van der Waals surface area contributed by atoms with Crippen molar-refractivity contribution >= 4 is 11.6 Å². The number of fused-ring (bicyclic) bond motifs is 1. The molecule has 0 bridgehead atoms. The van der Waals surface area contributed by atoms with Crippen LogP contribution in [-0.4, -0.2) is 42.6 Å². The van der Waals surface area contributed by atoms with Crippen molar-refractivity contribution in [1.29, 1.82) is 0 Å². The molecule has 2 heterocycles. The molecule has 1 aromatic rings. The second-order valence-electron chi connectivity index (χ2n) is 5.38. The van der Waals surface area contributed by atoms with E-state index in [1.54, 1.807) is 0 Å². The fraction of sp³-hybridized carbons (Fsp3) is 0.533. The van der Waals surface area contributed by atoms with Gasteiger partial charge in [-0.15, -0.1) is 0 Å². The molecule has 4 heteroatoms. The van der Waals surface area contributed by atoms with E-state index in [1.807, 2.05) is 30.0 Å². The van der Waals surface area contributed by atoms with Crippen LogP contribution >= 0.6 is 0 Å². The molecule has 0 aromatic heterocycles. The minimum atomic E-state index is -0.109. The van der Waals surface area contributed by atoms with Crippen molar-refractivity contribution in [3.05, 3.63) is 29.8 Å². The Balaban J connectivity index is 1.68. The van der Waals surface area contributed by atoms with Gasteiger partial charge < -0.3 is 15.0 Å². The molecular formula is C15H20N2O2. The summed E-state index contributed by atoms with van der Waals surface area (Å²) >= 11 is 0. The Kier molecular flexibility index (Phi) is 3.42. The molecule has 2 aliphatic rings. The van der Waals surface area contributed by atoms with Crippen LogP contribution < -0.4 is 5.32 Å². The number of para-hydroxylation sites is 1. The van der Waals surface area contributed by atoms with Crippen LogP contribution in [0.1, 0.15) is 18.9 Å². The molecular weight excluding hydrogens is 240 g/mol. The molecule has 0 aliphatic carbocycles. The number of anilines is 1. The number of nitrogens with one attached hydrogen (secondary N) is 1. The fourth-order valence-corrected chi connectivity index (χ4v) is 2.86. The second kappa shape index (κ2) is 5.21. The molecule has 2 aliphatic heterocycles. The van der Waals surface area contributed by atoms with Gasteiger partial charge in [0.1, 0.15) is 6.04 Å². The standard InChI is InChI=1S/C15H20N2O2/c1-11-10-17(7-4-8-19-11)15(18)14-9-12-5-2-3-6-13(12)16-14/h2-3,5-6,11,14,16H,4,7-10H2,1H3/t11-,14+/m0/s1. The first-order valence-corrected chi connectivity index (χ1v) is 6.99. The van der Waals surface area contributed by atoms with Crippen molar-refractivity contribution in [3.8, 4) is 0 Å². The smallest absolute Gasteiger partial charge is 0.245 e. The molecule has 3 rings (SSSR count). The Labute approximate surface area is 113 Å². The van der Waals surface area contributed by atoms with Gasteiger partial charge in [-0.25, -0.2) is 0 Å². The molecule has 0 radical (unpaired) electrons. The lowest BCUT2D eigenvalue weighted by Crippen LogP contribution is -2.44. The third kappa shape index (κ3) is 2.59. The maximum absolute atomic E-state index is 12.6. The van der Waals surface area contributed by atoms with E-state index < -0.39 is 0 Å². The molecule has 1 N–H and O–H groups in total. The van der Waals surface area contributed by atoms with Gasteiger partial charge in [-0.2, -0.15) is 0 Å². The Morgan fingerprint density at radius 3 is 3.11 bits per heavy atom. The molecule has 102 valence electrons. The number of nitrogens with zero attached hydrogens (tertiary/aromatic N) is 1. The van der Waals surface area contributed by atoms with Crippen molar-refractivity contribution in [1.82, 2.24) is 4.90 Å². The van der Waals surface area contributed by atoms with Crippen molar-refractivity contribution in [2.24, 2.45) is 0 Å². The molecule has 0 saturated carbocycles. The van der Waals surface area contributed by atoms with Crippen LogP contribution in [0.5, 0.6) is 0 Å². The highest BCUT2D eigenvalue weighted by molar-refractivity contribution is 5.87. The number of hydrogen-bond acceptors (Lipinski definition) is 3. The highest BCUT2D eigenvalue weighted by Gasteiger charge is 2.31. The van der Waals surface area contributed by atoms with E-state index in [2.05, 4.69) is 11.4 Å². The first-order chi connectivity index (χ1) is 9.24. The second-order valence-corrected chi connectivity index (χ2v) is 5.38. The average molecular weight is 260 g/mol. The Bertz CT molecular complexity index is 450. The van der Waals surface area contributed by atoms with Gasteiger partial charge in [0.25, 0.3) is 0 Å². The summed E-state index contributed by atoms with van der Waals surface area (Å²) in [6, 6.07) is 8.04. The highest BCUT2D eigenvalue weighted by atomic mass is 16.5. The van der Waals surface area contributed by atoms with Crippen molar-refractivity contribution in [2.45, 2.75) is 31.9 Å². The summed E-state index contributed by atoms with van der Waals surface area (Å²) in [5.41, 5.74) is 2.33. The number of carbonyl (C=O) groups is 1. The predicted octanol–water partition coefficient (Wildman–Crippen LogP) is 1.66. The zero-order chi connectivity index (χ0) is 13.2. The van der Waals surface area contributed by atoms with Crippen LogP contribution in [0, 0.1) is 0 Å². The number of ether oxygens (including phenoxy) is 1. The van der Waals surface area contributed by atoms with E-state index >= 15 is 0 Å². The number of carbonyl (C=O) groups excluding carboxylic acids is 1. The highest BCUT2D eigenvalue weighted by Crippen LogP contribution is 2.26. The van der Waals surface area contributed by atoms with Gasteiger partial charge in [-0.05, 0) is 25.0 Å². The molecule has 1 aromatic carbocycles. The molecule has 1 amide bonds. The average Bonchev–Trinajstić information content (AvgIpc) is 2.73. The summed E-state index contributed by atoms with van der Waals surface area (Å²) in [6.45, 7) is 4.29. The van der Waals surface area contributed by atoms with Crippen LogP contribution in [0.25, 0.3) is 0 Å². The van der Waals surface area contributed by atoms with Crippen molar-refractivity contribution in [2.75, 3.05) is 25.0 Å². The number of benzene rings is 1. The molecule has 2 atom stereocenters. The fourth-order valence-electron chi connectivity index (χ4n) is 2.86. The van der Waals surface area contributed by atoms with Crippen LogP contribution in [0.15, 0.2) is 24.3 Å². The molecule has 1 saturated heterocycles. The largest absolute Gasteiger partial charge is 0.377 e. The van der Waals surface area contributed by atoms with Crippen LogP contribution in [0.3, 0.4) is 0 Å². The lowest BCUT2D eigenvalue weighted by Gasteiger charge is -2.25. The van der Waals surface area contributed by atoms with Crippen LogP contribution in [0.4, 0.5) is 5.69 Å². The van der Waals surface area contributed by atoms with Gasteiger partial charge >= 0.3 is 0 Å². The first-order valence-electron chi connectivity index (χ1n) is 6.99. The third-order valence-electron chi connectivity index (χ3n) is 3.83. The molecule has 4 nitrogen and oxygen atoms in total. The first kappa shape index (κ1) is 12.5. The van der Waals surface area contributed by atoms with Crippen LogP contribution in [0.2, 0.25) is 0 Å². The summed E-state index contributed by atoms with van der Waals surface area (Å²) in [6.07, 6.45) is 1.85. The van der Waals surface area contributed by atoms with E-state index in [1.165, 1.54) is 5.56 Å². The predicted molar refractivity (Wildman–Crippen MR) is 74.2 cm³/mol. The third-order valence-corrected chi connectivity index (χ3v) is 3.83. The topological polar surface area (TPSA) is 41.6 Å². The normalized spacial score (nSPS) is 26.5. The molecule has 0 spiro atoms. The van der Waals surface area contributed by atoms with Crippen LogP contribution in [-0.2, 0) is 16.0 Å². The van der Waals surface area contributed by atoms with Gasteiger partial charge in [0.15, 0.2) is 0 Å². The zero-order valence-electron chi connectivity index (χ0n) is 11.3. The Morgan fingerprint density at radius 1 is 1.42 bits per heavy atom. The van der Waals surface area contributed by atoms with Gasteiger partial charge in [-0.3, -0.25) is 4.79 Å². The maximum Gasteiger partial charge on any atom is 0.245 e. The maximum atomic E-state index is 12.6. The Morgan fingerprint density at radius 2 is 2.26 bits per heavy atom. The quantitative estimate of drug-likeness (QED) is 0.835. The van der Waals surface area contributed by atoms with Gasteiger partial charge in [0, 0.05) is 31.8 Å². The van der Waals surface area contributed by atoms with Gasteiger partial charge in [0.2, 0.25) is 5.91 Å². The van der Waals surface area contributed by atoms with E-state index in [9.17, 15) is 4.79 Å². The number of rotatable bonds is 1. The minimum absolute atomic E-state index is 0.109. The molecule has 1 fully saturated rings. The van der Waals surface area contributed by atoms with Gasteiger partial charge in [-0.1, -0.05) is 18.2 Å². The van der Waals surface area contributed by atoms with E-state index in [4.69, 9.17) is 4.74 Å². The lowest BCUT2D eigenvalue weighted by atomic mass is 10.1. The summed E-state index contributed by atoms with van der Waals surface area (Å²) < 4.78 is 5.59. The van der Waals surface area contributed by atoms with E-state index in [0.717, 1.165) is 31.7 Å². The van der Waals surface area contributed by atoms with E-state index in [-0.39, 0.29) is 18.1 Å². The monoisotopic (exact) mass is 260 g/mol. The number of hydrogen-bond donors (Lipinski definition) is 1.